The zero-order valence-corrected chi connectivity index (χ0v) is 12.9. The molecule has 1 unspecified atom stereocenters. The molecule has 3 N–H and O–H groups in total. The smallest absolute Gasteiger partial charge is 0.313 e. The number of primary amides is 1. The third-order valence-corrected chi connectivity index (χ3v) is 4.17. The Morgan fingerprint density at radius 2 is 2.25 bits per heavy atom. The Kier molecular flexibility index (Phi) is 4.34. The topological polar surface area (TPSA) is 98.2 Å². The highest BCUT2D eigenvalue weighted by molar-refractivity contribution is 9.10. The van der Waals surface area contributed by atoms with Crippen LogP contribution in [0.15, 0.2) is 27.8 Å². The molecule has 0 saturated carbocycles. The fraction of sp³-hybridized carbons (Fsp3) is 0.250. The number of hydrogen-bond acceptors (Lipinski definition) is 4. The monoisotopic (exact) mass is 357 g/mol. The number of aliphatic carboxylic acids is 1. The number of thioether (sulfide) groups is 1. The number of amides is 1. The van der Waals surface area contributed by atoms with Crippen molar-refractivity contribution in [3.8, 4) is 0 Å². The molecule has 0 bridgehead atoms. The van der Waals surface area contributed by atoms with Crippen LogP contribution in [0, 0.1) is 0 Å². The van der Waals surface area contributed by atoms with Crippen molar-refractivity contribution in [2.45, 2.75) is 18.1 Å². The summed E-state index contributed by atoms with van der Waals surface area (Å²) >= 11 is 4.41. The Bertz CT molecular complexity index is 686. The van der Waals surface area contributed by atoms with Crippen LogP contribution in [0.4, 0.5) is 0 Å². The zero-order chi connectivity index (χ0) is 14.9. The molecule has 0 aliphatic rings. The third kappa shape index (κ3) is 2.96. The van der Waals surface area contributed by atoms with Gasteiger partial charge >= 0.3 is 5.97 Å². The molecule has 0 aliphatic heterocycles. The van der Waals surface area contributed by atoms with Gasteiger partial charge < -0.3 is 15.4 Å². The second kappa shape index (κ2) is 5.84. The second-order valence-corrected chi connectivity index (χ2v) is 6.02. The summed E-state index contributed by atoms with van der Waals surface area (Å²) < 4.78 is 2.52. The molecule has 20 heavy (non-hydrogen) atoms. The van der Waals surface area contributed by atoms with Crippen LogP contribution in [-0.4, -0.2) is 32.3 Å². The lowest BCUT2D eigenvalue weighted by atomic mass is 10.2. The van der Waals surface area contributed by atoms with E-state index >= 15 is 0 Å². The second-order valence-electron chi connectivity index (χ2n) is 4.16. The van der Waals surface area contributed by atoms with Crippen LogP contribution < -0.4 is 5.73 Å². The first-order chi connectivity index (χ1) is 9.40. The lowest BCUT2D eigenvalue weighted by Gasteiger charge is -2.13. The summed E-state index contributed by atoms with van der Waals surface area (Å²) in [6, 6.07) is 4.86. The standard InChI is InChI=1S/C12H12BrN3O3S/c1-6(11(14)19)16-9-3-2-7(13)4-8(9)15-12(16)20-5-10(17)18/h2-4,6H,5H2,1H3,(H2,14,19)(H,17,18). The molecule has 0 radical (unpaired) electrons. The van der Waals surface area contributed by atoms with Crippen molar-refractivity contribution < 1.29 is 14.7 Å². The predicted octanol–water partition coefficient (Wildman–Crippen LogP) is 2.02. The molecular weight excluding hydrogens is 346 g/mol. The summed E-state index contributed by atoms with van der Waals surface area (Å²) in [5.41, 5.74) is 6.77. The highest BCUT2D eigenvalue weighted by Crippen LogP contribution is 2.29. The minimum absolute atomic E-state index is 0.129. The lowest BCUT2D eigenvalue weighted by Crippen LogP contribution is -2.24. The van der Waals surface area contributed by atoms with Gasteiger partial charge in [0.1, 0.15) is 6.04 Å². The number of benzene rings is 1. The molecule has 1 aromatic heterocycles. The normalized spacial score (nSPS) is 12.5. The van der Waals surface area contributed by atoms with Crippen molar-refractivity contribution in [3.63, 3.8) is 0 Å². The van der Waals surface area contributed by atoms with Gasteiger partial charge in [-0.15, -0.1) is 0 Å². The first-order valence-electron chi connectivity index (χ1n) is 5.71. The number of imidazole rings is 1. The van der Waals surface area contributed by atoms with Gasteiger partial charge in [-0.1, -0.05) is 27.7 Å². The van der Waals surface area contributed by atoms with E-state index < -0.39 is 17.9 Å². The number of aromatic nitrogens is 2. The van der Waals surface area contributed by atoms with Gasteiger partial charge in [0.25, 0.3) is 0 Å². The average molecular weight is 358 g/mol. The van der Waals surface area contributed by atoms with Gasteiger partial charge in [-0.3, -0.25) is 9.59 Å². The SMILES string of the molecule is CC(C(N)=O)n1c(SCC(=O)O)nc2cc(Br)ccc21. The minimum Gasteiger partial charge on any atom is -0.481 e. The van der Waals surface area contributed by atoms with Gasteiger partial charge in [-0.05, 0) is 25.1 Å². The number of fused-ring (bicyclic) bond motifs is 1. The van der Waals surface area contributed by atoms with Gasteiger partial charge in [0.15, 0.2) is 5.16 Å². The van der Waals surface area contributed by atoms with E-state index in [1.165, 1.54) is 0 Å². The largest absolute Gasteiger partial charge is 0.481 e. The summed E-state index contributed by atoms with van der Waals surface area (Å²) in [6.45, 7) is 1.66. The van der Waals surface area contributed by atoms with Crippen molar-refractivity contribution in [2.24, 2.45) is 5.73 Å². The Labute approximate surface area is 127 Å². The molecule has 2 rings (SSSR count). The third-order valence-electron chi connectivity index (χ3n) is 2.74. The first kappa shape index (κ1) is 14.9. The van der Waals surface area contributed by atoms with Crippen LogP contribution in [0.2, 0.25) is 0 Å². The van der Waals surface area contributed by atoms with Crippen molar-refractivity contribution in [3.05, 3.63) is 22.7 Å². The van der Waals surface area contributed by atoms with E-state index in [4.69, 9.17) is 10.8 Å². The van der Waals surface area contributed by atoms with E-state index in [0.29, 0.717) is 10.7 Å². The van der Waals surface area contributed by atoms with E-state index in [2.05, 4.69) is 20.9 Å². The van der Waals surface area contributed by atoms with Gasteiger partial charge in [0.2, 0.25) is 5.91 Å². The number of nitrogens with two attached hydrogens (primary N) is 1. The van der Waals surface area contributed by atoms with Crippen LogP contribution >= 0.6 is 27.7 Å². The highest BCUT2D eigenvalue weighted by atomic mass is 79.9. The summed E-state index contributed by atoms with van der Waals surface area (Å²) in [4.78, 5) is 26.5. The fourth-order valence-electron chi connectivity index (χ4n) is 1.78. The lowest BCUT2D eigenvalue weighted by molar-refractivity contribution is -0.133. The molecular formula is C12H12BrN3O3S. The first-order valence-corrected chi connectivity index (χ1v) is 7.49. The number of carbonyl (C=O) groups is 2. The Balaban J connectivity index is 2.56. The molecule has 0 spiro atoms. The maximum absolute atomic E-state index is 11.4. The number of carbonyl (C=O) groups excluding carboxylic acids is 1. The van der Waals surface area contributed by atoms with E-state index in [9.17, 15) is 9.59 Å². The number of nitrogens with zero attached hydrogens (tertiary/aromatic N) is 2. The van der Waals surface area contributed by atoms with Crippen LogP contribution in [-0.2, 0) is 9.59 Å². The summed E-state index contributed by atoms with van der Waals surface area (Å²) in [5, 5.41) is 9.24. The molecule has 8 heteroatoms. The van der Waals surface area contributed by atoms with Crippen LogP contribution in [0.25, 0.3) is 11.0 Å². The molecule has 0 saturated heterocycles. The Hall–Kier alpha value is -1.54. The molecule has 0 aliphatic carbocycles. The molecule has 106 valence electrons. The minimum atomic E-state index is -0.943. The number of hydrogen-bond donors (Lipinski definition) is 2. The van der Waals surface area contributed by atoms with Crippen LogP contribution in [0.5, 0.6) is 0 Å². The van der Waals surface area contributed by atoms with E-state index in [1.807, 2.05) is 18.2 Å². The summed E-state index contributed by atoms with van der Waals surface area (Å²) in [5.74, 6) is -1.57. The zero-order valence-electron chi connectivity index (χ0n) is 10.5. The van der Waals surface area contributed by atoms with Crippen molar-refractivity contribution in [2.75, 3.05) is 5.75 Å². The fourth-order valence-corrected chi connectivity index (χ4v) is 2.94. The maximum atomic E-state index is 11.4. The molecule has 6 nitrogen and oxygen atoms in total. The Morgan fingerprint density at radius 3 is 2.85 bits per heavy atom. The summed E-state index contributed by atoms with van der Waals surface area (Å²) in [7, 11) is 0. The van der Waals surface area contributed by atoms with Gasteiger partial charge in [0.05, 0.1) is 16.8 Å². The molecule has 2 aromatic rings. The number of rotatable bonds is 5. The van der Waals surface area contributed by atoms with Crippen molar-refractivity contribution >= 4 is 50.6 Å². The summed E-state index contributed by atoms with van der Waals surface area (Å²) in [6.07, 6.45) is 0. The number of carboxylic acid groups (broad SMARTS) is 1. The van der Waals surface area contributed by atoms with Gasteiger partial charge in [-0.25, -0.2) is 4.98 Å². The van der Waals surface area contributed by atoms with Crippen molar-refractivity contribution in [1.82, 2.24) is 9.55 Å². The highest BCUT2D eigenvalue weighted by Gasteiger charge is 2.20. The molecule has 1 heterocycles. The van der Waals surface area contributed by atoms with Gasteiger partial charge in [-0.2, -0.15) is 0 Å². The quantitative estimate of drug-likeness (QED) is 0.797. The van der Waals surface area contributed by atoms with E-state index in [-0.39, 0.29) is 5.75 Å². The van der Waals surface area contributed by atoms with Crippen LogP contribution in [0.3, 0.4) is 0 Å². The molecule has 1 aromatic carbocycles. The number of carboxylic acids is 1. The van der Waals surface area contributed by atoms with Crippen molar-refractivity contribution in [1.29, 1.82) is 0 Å². The Morgan fingerprint density at radius 1 is 1.55 bits per heavy atom. The molecule has 1 amide bonds. The predicted molar refractivity (Wildman–Crippen MR) is 79.7 cm³/mol. The molecule has 1 atom stereocenters. The van der Waals surface area contributed by atoms with Crippen LogP contribution in [0.1, 0.15) is 13.0 Å². The van der Waals surface area contributed by atoms with Gasteiger partial charge in [0, 0.05) is 4.47 Å². The maximum Gasteiger partial charge on any atom is 0.313 e. The average Bonchev–Trinajstić information content (AvgIpc) is 2.72. The van der Waals surface area contributed by atoms with E-state index in [1.54, 1.807) is 11.5 Å². The molecule has 0 fully saturated rings. The van der Waals surface area contributed by atoms with E-state index in [0.717, 1.165) is 21.8 Å². The number of halogens is 1.